The van der Waals surface area contributed by atoms with E-state index in [0.29, 0.717) is 0 Å². The maximum Gasteiger partial charge on any atom is 0.0924 e. The summed E-state index contributed by atoms with van der Waals surface area (Å²) in [6, 6.07) is 4.44. The zero-order valence-electron chi connectivity index (χ0n) is 10.9. The van der Waals surface area contributed by atoms with Crippen molar-refractivity contribution >= 4 is 0 Å². The number of hydrogen-bond acceptors (Lipinski definition) is 1. The first-order valence-corrected chi connectivity index (χ1v) is 6.46. The normalized spacial score (nSPS) is 12.9. The highest BCUT2D eigenvalue weighted by atomic mass is 14.9. The van der Waals surface area contributed by atoms with Crippen LogP contribution in [-0.2, 0) is 12.8 Å². The molecule has 3 rings (SSSR count). The number of aromatic nitrogens is 2. The first-order valence-electron chi connectivity index (χ1n) is 6.46. The molecule has 1 aromatic carbocycles. The van der Waals surface area contributed by atoms with E-state index >= 15 is 0 Å². The van der Waals surface area contributed by atoms with Crippen molar-refractivity contribution in [1.29, 1.82) is 0 Å². The van der Waals surface area contributed by atoms with Crippen LogP contribution in [0.5, 0.6) is 0 Å². The lowest BCUT2D eigenvalue weighted by molar-refractivity contribution is 0.909. The highest BCUT2D eigenvalue weighted by molar-refractivity contribution is 5.67. The van der Waals surface area contributed by atoms with Gasteiger partial charge in [-0.25, -0.2) is 4.98 Å². The largest absolute Gasteiger partial charge is 0.345 e. The van der Waals surface area contributed by atoms with Crippen LogP contribution in [0.2, 0.25) is 0 Å². The van der Waals surface area contributed by atoms with Crippen molar-refractivity contribution in [2.24, 2.45) is 0 Å². The molecule has 0 amide bonds. The molecule has 1 aromatic heterocycles. The molecule has 0 spiro atoms. The lowest BCUT2D eigenvalue weighted by Crippen LogP contribution is -1.91. The van der Waals surface area contributed by atoms with Gasteiger partial charge in [-0.3, -0.25) is 0 Å². The van der Waals surface area contributed by atoms with E-state index in [0.717, 1.165) is 5.69 Å². The molecule has 0 saturated carbocycles. The SMILES string of the molecule is CC.Cc1ccc(-c2cnc[nH]2)c2c1CCC2.[HH]. The van der Waals surface area contributed by atoms with Crippen LogP contribution in [0.1, 0.15) is 38.4 Å². The molecule has 1 heterocycles. The second kappa shape index (κ2) is 5.17. The van der Waals surface area contributed by atoms with Crippen molar-refractivity contribution in [2.75, 3.05) is 0 Å². The second-order valence-corrected chi connectivity index (χ2v) is 4.21. The summed E-state index contributed by atoms with van der Waals surface area (Å²) >= 11 is 0. The summed E-state index contributed by atoms with van der Waals surface area (Å²) in [6.45, 7) is 6.21. The Labute approximate surface area is 105 Å². The molecular weight excluding hydrogens is 208 g/mol. The number of H-pyrrole nitrogens is 1. The Balaban J connectivity index is 0.000000516. The topological polar surface area (TPSA) is 28.7 Å². The molecule has 0 bridgehead atoms. The average molecular weight is 230 g/mol. The lowest BCUT2D eigenvalue weighted by Gasteiger charge is -2.09. The molecule has 2 aromatic rings. The number of benzene rings is 1. The Morgan fingerprint density at radius 2 is 1.94 bits per heavy atom. The number of fused-ring (bicyclic) bond motifs is 1. The maximum absolute atomic E-state index is 4.09. The summed E-state index contributed by atoms with van der Waals surface area (Å²) in [5.74, 6) is 0. The Hall–Kier alpha value is -1.57. The smallest absolute Gasteiger partial charge is 0.0924 e. The number of nitrogens with one attached hydrogen (secondary N) is 1. The number of nitrogens with zero attached hydrogens (tertiary/aromatic N) is 1. The predicted molar refractivity (Wildman–Crippen MR) is 74.2 cm³/mol. The summed E-state index contributed by atoms with van der Waals surface area (Å²) in [5, 5.41) is 0. The fourth-order valence-corrected chi connectivity index (χ4v) is 2.54. The molecule has 2 heteroatoms. The molecule has 1 N–H and O–H groups in total. The van der Waals surface area contributed by atoms with Crippen LogP contribution in [0.25, 0.3) is 11.3 Å². The second-order valence-electron chi connectivity index (χ2n) is 4.21. The van der Waals surface area contributed by atoms with E-state index in [-0.39, 0.29) is 1.43 Å². The number of imidazole rings is 1. The van der Waals surface area contributed by atoms with Gasteiger partial charge in [0.05, 0.1) is 18.2 Å². The zero-order chi connectivity index (χ0) is 12.3. The van der Waals surface area contributed by atoms with Crippen molar-refractivity contribution in [3.8, 4) is 11.3 Å². The summed E-state index contributed by atoms with van der Waals surface area (Å²) in [7, 11) is 0. The van der Waals surface area contributed by atoms with Crippen molar-refractivity contribution in [3.05, 3.63) is 41.3 Å². The summed E-state index contributed by atoms with van der Waals surface area (Å²) in [4.78, 5) is 7.28. The van der Waals surface area contributed by atoms with Crippen LogP contribution >= 0.6 is 0 Å². The zero-order valence-corrected chi connectivity index (χ0v) is 10.9. The van der Waals surface area contributed by atoms with Gasteiger partial charge in [0.25, 0.3) is 0 Å². The van der Waals surface area contributed by atoms with Gasteiger partial charge in [-0.2, -0.15) is 0 Å². The Morgan fingerprint density at radius 1 is 1.18 bits per heavy atom. The molecule has 92 valence electrons. The van der Waals surface area contributed by atoms with Gasteiger partial charge in [-0.05, 0) is 42.9 Å². The first kappa shape index (κ1) is 11.9. The van der Waals surface area contributed by atoms with Gasteiger partial charge < -0.3 is 4.98 Å². The van der Waals surface area contributed by atoms with Gasteiger partial charge in [0, 0.05) is 6.99 Å². The Kier molecular flexibility index (Phi) is 3.62. The van der Waals surface area contributed by atoms with Gasteiger partial charge in [-0.15, -0.1) is 0 Å². The van der Waals surface area contributed by atoms with Crippen LogP contribution in [0, 0.1) is 6.92 Å². The van der Waals surface area contributed by atoms with E-state index in [1.54, 1.807) is 11.9 Å². The highest BCUT2D eigenvalue weighted by Gasteiger charge is 2.17. The quantitative estimate of drug-likeness (QED) is 0.783. The molecule has 0 radical (unpaired) electrons. The van der Waals surface area contributed by atoms with Crippen LogP contribution in [0.3, 0.4) is 0 Å². The maximum atomic E-state index is 4.09. The minimum atomic E-state index is 0. The summed E-state index contributed by atoms with van der Waals surface area (Å²) in [5.41, 5.74) is 7.01. The van der Waals surface area contributed by atoms with E-state index in [9.17, 15) is 0 Å². The predicted octanol–water partition coefficient (Wildman–Crippen LogP) is 4.15. The third-order valence-electron chi connectivity index (χ3n) is 3.31. The fourth-order valence-electron chi connectivity index (χ4n) is 2.54. The van der Waals surface area contributed by atoms with E-state index in [2.05, 4.69) is 29.0 Å². The molecule has 0 aliphatic heterocycles. The van der Waals surface area contributed by atoms with Gasteiger partial charge in [0.1, 0.15) is 0 Å². The van der Waals surface area contributed by atoms with Gasteiger partial charge >= 0.3 is 0 Å². The van der Waals surface area contributed by atoms with Crippen molar-refractivity contribution in [2.45, 2.75) is 40.0 Å². The van der Waals surface area contributed by atoms with Crippen molar-refractivity contribution in [3.63, 3.8) is 0 Å². The average Bonchev–Trinajstić information content (AvgIpc) is 3.03. The Bertz CT molecular complexity index is 489. The highest BCUT2D eigenvalue weighted by Crippen LogP contribution is 2.33. The van der Waals surface area contributed by atoms with E-state index in [1.807, 2.05) is 20.0 Å². The summed E-state index contributed by atoms with van der Waals surface area (Å²) < 4.78 is 0. The molecule has 0 atom stereocenters. The number of aromatic amines is 1. The van der Waals surface area contributed by atoms with Crippen molar-refractivity contribution < 1.29 is 1.43 Å². The molecule has 17 heavy (non-hydrogen) atoms. The standard InChI is InChI=1S/C13H14N2.C2H6.H2/c1-9-5-6-12(13-7-14-8-15-13)11-4-2-3-10(9)11;1-2;/h5-8H,2-4H2,1H3,(H,14,15);1-2H3;1H. The summed E-state index contributed by atoms with van der Waals surface area (Å²) in [6.07, 6.45) is 7.40. The van der Waals surface area contributed by atoms with Crippen LogP contribution < -0.4 is 0 Å². The Morgan fingerprint density at radius 3 is 2.65 bits per heavy atom. The van der Waals surface area contributed by atoms with Gasteiger partial charge in [-0.1, -0.05) is 26.0 Å². The molecule has 1 aliphatic rings. The number of rotatable bonds is 1. The third kappa shape index (κ3) is 2.12. The third-order valence-corrected chi connectivity index (χ3v) is 3.31. The molecule has 0 fully saturated rings. The van der Waals surface area contributed by atoms with E-state index < -0.39 is 0 Å². The van der Waals surface area contributed by atoms with Gasteiger partial charge in [0.2, 0.25) is 0 Å². The molecule has 0 unspecified atom stereocenters. The van der Waals surface area contributed by atoms with E-state index in [4.69, 9.17) is 0 Å². The van der Waals surface area contributed by atoms with Crippen LogP contribution in [0.4, 0.5) is 0 Å². The minimum absolute atomic E-state index is 0. The number of hydrogen-bond donors (Lipinski definition) is 1. The monoisotopic (exact) mass is 230 g/mol. The van der Waals surface area contributed by atoms with Gasteiger partial charge in [0.15, 0.2) is 0 Å². The van der Waals surface area contributed by atoms with E-state index in [1.165, 1.54) is 36.0 Å². The van der Waals surface area contributed by atoms with Crippen molar-refractivity contribution in [1.82, 2.24) is 9.97 Å². The van der Waals surface area contributed by atoms with Crippen LogP contribution in [0.15, 0.2) is 24.7 Å². The minimum Gasteiger partial charge on any atom is -0.345 e. The molecule has 1 aliphatic carbocycles. The lowest BCUT2D eigenvalue weighted by atomic mass is 9.97. The molecule has 2 nitrogen and oxygen atoms in total. The number of aryl methyl sites for hydroxylation is 1. The molecular formula is C15H22N2. The fraction of sp³-hybridized carbons (Fsp3) is 0.400. The first-order chi connectivity index (χ1) is 8.36. The molecule has 0 saturated heterocycles. The van der Waals surface area contributed by atoms with Crippen LogP contribution in [-0.4, -0.2) is 9.97 Å².